The number of piperazine rings is 1. The van der Waals surface area contributed by atoms with Crippen LogP contribution in [0.4, 0.5) is 11.4 Å². The van der Waals surface area contributed by atoms with Gasteiger partial charge in [-0.05, 0) is 73.5 Å². The second-order valence-electron chi connectivity index (χ2n) is 10.6. The van der Waals surface area contributed by atoms with Crippen molar-refractivity contribution < 1.29 is 5.11 Å². The second kappa shape index (κ2) is 12.9. The number of aliphatic hydroxyl groups is 1. The minimum atomic E-state index is 0.267. The number of thiophene rings is 1. The molecular weight excluding hydrogens is 516 g/mol. The lowest BCUT2D eigenvalue weighted by molar-refractivity contribution is 0.111. The van der Waals surface area contributed by atoms with Crippen LogP contribution in [-0.4, -0.2) is 77.3 Å². The first kappa shape index (κ1) is 26.9. The van der Waals surface area contributed by atoms with Crippen LogP contribution in [-0.2, 0) is 6.54 Å². The van der Waals surface area contributed by atoms with Crippen LogP contribution in [0.15, 0.2) is 73.1 Å². The van der Waals surface area contributed by atoms with Crippen LogP contribution in [0, 0.1) is 0 Å². The average Bonchev–Trinajstić information content (AvgIpc) is 3.64. The van der Waals surface area contributed by atoms with Crippen LogP contribution in [0.25, 0.3) is 31.6 Å². The van der Waals surface area contributed by atoms with Crippen molar-refractivity contribution in [2.75, 3.05) is 57.7 Å². The van der Waals surface area contributed by atoms with E-state index in [1.807, 2.05) is 12.4 Å². The van der Waals surface area contributed by atoms with Gasteiger partial charge in [0.1, 0.15) is 0 Å². The highest BCUT2D eigenvalue weighted by atomic mass is 32.1. The molecule has 5 aromatic rings. The molecule has 4 N–H and O–H groups in total. The number of unbranched alkanes of at least 4 members (excludes halogenated alkanes) is 1. The predicted octanol–water partition coefficient (Wildman–Crippen LogP) is 5.67. The van der Waals surface area contributed by atoms with E-state index in [0.717, 1.165) is 68.2 Å². The van der Waals surface area contributed by atoms with Crippen molar-refractivity contribution in [2.45, 2.75) is 19.4 Å². The summed E-state index contributed by atoms with van der Waals surface area (Å²) in [6.07, 6.45) is 6.27. The third kappa shape index (κ3) is 6.54. The molecular formula is C32H38N6OS. The Hall–Kier alpha value is -3.27. The standard InChI is InChI=1S/C32H38N6OS/c39-20-19-38-17-15-37(16-18-38)14-2-1-11-33-23-24-3-5-25(6-4-24)31-22-30-32(40-31)29(10-13-35-30)36-27-7-8-28-26(21-27)9-12-34-28/h3-10,12-13,21-22,33-34,39H,1-2,11,14-20,23H2,(H,35,36). The minimum absolute atomic E-state index is 0.267. The average molecular weight is 555 g/mol. The first-order valence-corrected chi connectivity index (χ1v) is 15.2. The van der Waals surface area contributed by atoms with Crippen LogP contribution in [0.2, 0.25) is 0 Å². The SMILES string of the molecule is OCCN1CCN(CCCCNCc2ccc(-c3cc4nccc(Nc5ccc6[nH]ccc6c5)c4s3)cc2)CC1. The highest BCUT2D eigenvalue weighted by Crippen LogP contribution is 2.37. The Labute approximate surface area is 239 Å². The minimum Gasteiger partial charge on any atom is -0.395 e. The van der Waals surface area contributed by atoms with Gasteiger partial charge < -0.3 is 25.6 Å². The summed E-state index contributed by atoms with van der Waals surface area (Å²) in [6, 6.07) is 21.6. The Morgan fingerprint density at radius 1 is 0.900 bits per heavy atom. The van der Waals surface area contributed by atoms with Crippen molar-refractivity contribution in [3.63, 3.8) is 0 Å². The molecule has 40 heavy (non-hydrogen) atoms. The molecule has 1 aliphatic heterocycles. The monoisotopic (exact) mass is 554 g/mol. The smallest absolute Gasteiger partial charge is 0.0837 e. The van der Waals surface area contributed by atoms with Gasteiger partial charge >= 0.3 is 0 Å². The lowest BCUT2D eigenvalue weighted by Crippen LogP contribution is -2.47. The zero-order valence-corrected chi connectivity index (χ0v) is 23.7. The number of benzene rings is 2. The summed E-state index contributed by atoms with van der Waals surface area (Å²) in [5, 5.41) is 17.5. The number of aromatic nitrogens is 2. The van der Waals surface area contributed by atoms with Crippen LogP contribution < -0.4 is 10.6 Å². The largest absolute Gasteiger partial charge is 0.395 e. The number of hydrogen-bond donors (Lipinski definition) is 4. The van der Waals surface area contributed by atoms with Gasteiger partial charge in [0.05, 0.1) is 22.5 Å². The van der Waals surface area contributed by atoms with E-state index in [4.69, 9.17) is 5.11 Å². The number of β-amino-alcohol motifs (C(OH)–C–C–N with tert-alkyl or cyclic N) is 1. The third-order valence-electron chi connectivity index (χ3n) is 7.77. The van der Waals surface area contributed by atoms with Gasteiger partial charge in [-0.25, -0.2) is 0 Å². The van der Waals surface area contributed by atoms with Crippen molar-refractivity contribution >= 4 is 43.8 Å². The Bertz CT molecular complexity index is 1520. The first-order chi connectivity index (χ1) is 19.7. The van der Waals surface area contributed by atoms with Gasteiger partial charge in [-0.1, -0.05) is 24.3 Å². The van der Waals surface area contributed by atoms with Crippen molar-refractivity contribution in [1.29, 1.82) is 0 Å². The number of rotatable bonds is 12. The molecule has 0 radical (unpaired) electrons. The highest BCUT2D eigenvalue weighted by Gasteiger charge is 2.15. The van der Waals surface area contributed by atoms with E-state index in [0.29, 0.717) is 0 Å². The molecule has 2 aromatic carbocycles. The van der Waals surface area contributed by atoms with Gasteiger partial charge in [-0.3, -0.25) is 9.88 Å². The van der Waals surface area contributed by atoms with Gasteiger partial charge in [0.25, 0.3) is 0 Å². The fraction of sp³-hybridized carbons (Fsp3) is 0.344. The first-order valence-electron chi connectivity index (χ1n) is 14.3. The van der Waals surface area contributed by atoms with Crippen molar-refractivity contribution in [3.8, 4) is 10.4 Å². The summed E-state index contributed by atoms with van der Waals surface area (Å²) in [4.78, 5) is 14.0. The number of pyridine rings is 1. The van der Waals surface area contributed by atoms with Crippen LogP contribution in [0.1, 0.15) is 18.4 Å². The summed E-state index contributed by atoms with van der Waals surface area (Å²) in [5.74, 6) is 0. The molecule has 1 saturated heterocycles. The number of nitrogens with zero attached hydrogens (tertiary/aromatic N) is 3. The molecule has 208 valence electrons. The van der Waals surface area contributed by atoms with Crippen molar-refractivity contribution in [1.82, 2.24) is 25.1 Å². The lowest BCUT2D eigenvalue weighted by atomic mass is 10.1. The van der Waals surface area contributed by atoms with Gasteiger partial charge in [0, 0.05) is 73.1 Å². The van der Waals surface area contributed by atoms with Gasteiger partial charge in [-0.2, -0.15) is 0 Å². The molecule has 7 nitrogen and oxygen atoms in total. The molecule has 0 atom stereocenters. The second-order valence-corrected chi connectivity index (χ2v) is 11.6. The highest BCUT2D eigenvalue weighted by molar-refractivity contribution is 7.22. The maximum atomic E-state index is 9.09. The topological polar surface area (TPSA) is 79.5 Å². The molecule has 3 aromatic heterocycles. The van der Waals surface area contributed by atoms with Crippen LogP contribution in [0.3, 0.4) is 0 Å². The van der Waals surface area contributed by atoms with E-state index in [-0.39, 0.29) is 6.61 Å². The van der Waals surface area contributed by atoms with E-state index in [1.165, 1.54) is 45.5 Å². The summed E-state index contributed by atoms with van der Waals surface area (Å²) in [7, 11) is 0. The molecule has 0 bridgehead atoms. The van der Waals surface area contributed by atoms with E-state index in [9.17, 15) is 0 Å². The Morgan fingerprint density at radius 3 is 2.55 bits per heavy atom. The summed E-state index contributed by atoms with van der Waals surface area (Å²) >= 11 is 1.78. The van der Waals surface area contributed by atoms with E-state index < -0.39 is 0 Å². The Morgan fingerprint density at radius 2 is 1.73 bits per heavy atom. The van der Waals surface area contributed by atoms with E-state index in [2.05, 4.69) is 91.1 Å². The number of aliphatic hydroxyl groups excluding tert-OH is 1. The predicted molar refractivity (Wildman–Crippen MR) is 168 cm³/mol. The summed E-state index contributed by atoms with van der Waals surface area (Å²) < 4.78 is 1.17. The molecule has 0 saturated carbocycles. The Balaban J connectivity index is 0.988. The maximum absolute atomic E-state index is 9.09. The fourth-order valence-electron chi connectivity index (χ4n) is 5.45. The molecule has 1 fully saturated rings. The number of aromatic amines is 1. The number of nitrogens with one attached hydrogen (secondary N) is 3. The summed E-state index contributed by atoms with van der Waals surface area (Å²) in [5.41, 5.74) is 6.86. The maximum Gasteiger partial charge on any atom is 0.0837 e. The molecule has 6 rings (SSSR count). The zero-order valence-electron chi connectivity index (χ0n) is 22.9. The number of hydrogen-bond acceptors (Lipinski definition) is 7. The molecule has 0 amide bonds. The normalized spacial score (nSPS) is 14.8. The number of H-pyrrole nitrogens is 1. The van der Waals surface area contributed by atoms with E-state index in [1.54, 1.807) is 11.3 Å². The molecule has 1 aliphatic rings. The lowest BCUT2D eigenvalue weighted by Gasteiger charge is -2.34. The molecule has 0 aliphatic carbocycles. The van der Waals surface area contributed by atoms with Crippen LogP contribution in [0.5, 0.6) is 0 Å². The van der Waals surface area contributed by atoms with Gasteiger partial charge in [-0.15, -0.1) is 11.3 Å². The van der Waals surface area contributed by atoms with E-state index >= 15 is 0 Å². The fourth-order valence-corrected chi connectivity index (χ4v) is 6.54. The summed E-state index contributed by atoms with van der Waals surface area (Å²) in [6.45, 7) is 8.59. The molecule has 8 heteroatoms. The van der Waals surface area contributed by atoms with Crippen molar-refractivity contribution in [2.24, 2.45) is 0 Å². The Kier molecular flexibility index (Phi) is 8.71. The molecule has 4 heterocycles. The van der Waals surface area contributed by atoms with Gasteiger partial charge in [0.15, 0.2) is 0 Å². The number of anilines is 2. The number of fused-ring (bicyclic) bond motifs is 2. The van der Waals surface area contributed by atoms with Crippen molar-refractivity contribution in [3.05, 3.63) is 78.6 Å². The quantitative estimate of drug-likeness (QED) is 0.149. The molecule has 0 unspecified atom stereocenters. The van der Waals surface area contributed by atoms with Gasteiger partial charge in [0.2, 0.25) is 0 Å². The molecule has 0 spiro atoms. The third-order valence-corrected chi connectivity index (χ3v) is 8.98. The van der Waals surface area contributed by atoms with Crippen LogP contribution >= 0.6 is 11.3 Å². The zero-order chi connectivity index (χ0) is 27.1.